The molecule has 1 aromatic carbocycles. The molecule has 0 radical (unpaired) electrons. The molecule has 0 saturated carbocycles. The zero-order valence-electron chi connectivity index (χ0n) is 9.70. The van der Waals surface area contributed by atoms with Crippen molar-refractivity contribution in [3.05, 3.63) is 28.8 Å². The third-order valence-electron chi connectivity index (χ3n) is 2.34. The lowest BCUT2D eigenvalue weighted by molar-refractivity contribution is 0.134. The minimum atomic E-state index is 0.0868. The Balaban J connectivity index is 2.69. The first-order valence-corrected chi connectivity index (χ1v) is 5.70. The number of rotatable bonds is 6. The summed E-state index contributed by atoms with van der Waals surface area (Å²) >= 11 is 6.03. The van der Waals surface area contributed by atoms with E-state index in [1.807, 2.05) is 25.1 Å². The van der Waals surface area contributed by atoms with E-state index >= 15 is 0 Å². The Morgan fingerprint density at radius 1 is 1.44 bits per heavy atom. The summed E-state index contributed by atoms with van der Waals surface area (Å²) in [5.41, 5.74) is 6.49. The van der Waals surface area contributed by atoms with Crippen molar-refractivity contribution in [1.29, 1.82) is 0 Å². The molecule has 1 aromatic rings. The van der Waals surface area contributed by atoms with Gasteiger partial charge in [0.25, 0.3) is 0 Å². The smallest absolute Gasteiger partial charge is 0.125 e. The number of ether oxygens (including phenoxy) is 2. The first-order chi connectivity index (χ1) is 7.69. The van der Waals surface area contributed by atoms with Crippen LogP contribution in [-0.4, -0.2) is 19.8 Å². The molecule has 4 heteroatoms. The van der Waals surface area contributed by atoms with Crippen molar-refractivity contribution in [3.8, 4) is 5.75 Å². The maximum absolute atomic E-state index is 6.03. The standard InChI is InChI=1S/C12H18ClNO2/c1-9(6-7-15-2)16-12-5-3-4-11(13)10(12)8-14/h3-5,9H,6-8,14H2,1-2H3. The highest BCUT2D eigenvalue weighted by Gasteiger charge is 2.09. The Hall–Kier alpha value is -0.770. The molecule has 2 N–H and O–H groups in total. The molecule has 1 atom stereocenters. The summed E-state index contributed by atoms with van der Waals surface area (Å²) in [7, 11) is 1.68. The summed E-state index contributed by atoms with van der Waals surface area (Å²) in [6.07, 6.45) is 0.927. The average Bonchev–Trinajstić information content (AvgIpc) is 2.27. The van der Waals surface area contributed by atoms with Gasteiger partial charge in [0.05, 0.1) is 6.10 Å². The van der Waals surface area contributed by atoms with Gasteiger partial charge in [0.2, 0.25) is 0 Å². The van der Waals surface area contributed by atoms with E-state index in [1.165, 1.54) is 0 Å². The zero-order valence-corrected chi connectivity index (χ0v) is 10.5. The first-order valence-electron chi connectivity index (χ1n) is 5.32. The highest BCUT2D eigenvalue weighted by molar-refractivity contribution is 6.31. The van der Waals surface area contributed by atoms with Gasteiger partial charge in [0.15, 0.2) is 0 Å². The SMILES string of the molecule is COCCC(C)Oc1cccc(Cl)c1CN. The van der Waals surface area contributed by atoms with Crippen molar-refractivity contribution in [2.75, 3.05) is 13.7 Å². The highest BCUT2D eigenvalue weighted by atomic mass is 35.5. The molecule has 0 saturated heterocycles. The third kappa shape index (κ3) is 3.67. The van der Waals surface area contributed by atoms with Crippen molar-refractivity contribution in [1.82, 2.24) is 0 Å². The Labute approximate surface area is 101 Å². The second-order valence-corrected chi connectivity index (χ2v) is 4.04. The largest absolute Gasteiger partial charge is 0.490 e. The average molecular weight is 244 g/mol. The fourth-order valence-electron chi connectivity index (χ4n) is 1.41. The number of nitrogens with two attached hydrogens (primary N) is 1. The molecular formula is C12H18ClNO2. The van der Waals surface area contributed by atoms with E-state index in [-0.39, 0.29) is 6.10 Å². The molecular weight excluding hydrogens is 226 g/mol. The topological polar surface area (TPSA) is 44.5 Å². The van der Waals surface area contributed by atoms with Gasteiger partial charge in [0, 0.05) is 37.3 Å². The molecule has 1 unspecified atom stereocenters. The molecule has 0 aliphatic heterocycles. The van der Waals surface area contributed by atoms with E-state index in [2.05, 4.69) is 0 Å². The Morgan fingerprint density at radius 2 is 2.19 bits per heavy atom. The van der Waals surface area contributed by atoms with Gasteiger partial charge in [-0.05, 0) is 19.1 Å². The Morgan fingerprint density at radius 3 is 2.81 bits per heavy atom. The Bertz CT molecular complexity index is 331. The molecule has 16 heavy (non-hydrogen) atoms. The maximum Gasteiger partial charge on any atom is 0.125 e. The predicted molar refractivity (Wildman–Crippen MR) is 65.9 cm³/mol. The summed E-state index contributed by atoms with van der Waals surface area (Å²) < 4.78 is 10.8. The molecule has 1 rings (SSSR count). The molecule has 0 amide bonds. The number of halogens is 1. The van der Waals surface area contributed by atoms with Crippen LogP contribution in [0, 0.1) is 0 Å². The van der Waals surface area contributed by atoms with Crippen molar-refractivity contribution >= 4 is 11.6 Å². The normalized spacial score (nSPS) is 12.5. The molecule has 0 bridgehead atoms. The van der Waals surface area contributed by atoms with E-state index in [1.54, 1.807) is 7.11 Å². The van der Waals surface area contributed by atoms with Crippen LogP contribution in [0.2, 0.25) is 5.02 Å². The van der Waals surface area contributed by atoms with Crippen LogP contribution in [0.15, 0.2) is 18.2 Å². The monoisotopic (exact) mass is 243 g/mol. The van der Waals surface area contributed by atoms with Crippen molar-refractivity contribution in [2.45, 2.75) is 26.0 Å². The van der Waals surface area contributed by atoms with Crippen LogP contribution < -0.4 is 10.5 Å². The van der Waals surface area contributed by atoms with Crippen LogP contribution in [0.1, 0.15) is 18.9 Å². The van der Waals surface area contributed by atoms with Crippen molar-refractivity contribution in [2.24, 2.45) is 5.73 Å². The second-order valence-electron chi connectivity index (χ2n) is 3.63. The van der Waals surface area contributed by atoms with E-state index in [9.17, 15) is 0 Å². The summed E-state index contributed by atoms with van der Waals surface area (Å²) in [4.78, 5) is 0. The van der Waals surface area contributed by atoms with Crippen LogP contribution in [-0.2, 0) is 11.3 Å². The molecule has 0 aromatic heterocycles. The van der Waals surface area contributed by atoms with Crippen LogP contribution in [0.3, 0.4) is 0 Å². The molecule has 3 nitrogen and oxygen atoms in total. The third-order valence-corrected chi connectivity index (χ3v) is 2.69. The molecule has 90 valence electrons. The van der Waals surface area contributed by atoms with Crippen LogP contribution in [0.25, 0.3) is 0 Å². The molecule has 0 aliphatic rings. The minimum absolute atomic E-state index is 0.0868. The van der Waals surface area contributed by atoms with Gasteiger partial charge in [-0.15, -0.1) is 0 Å². The summed E-state index contributed by atoms with van der Waals surface area (Å²) in [6, 6.07) is 5.56. The quantitative estimate of drug-likeness (QED) is 0.835. The van der Waals surface area contributed by atoms with Gasteiger partial charge in [0.1, 0.15) is 5.75 Å². The maximum atomic E-state index is 6.03. The summed E-state index contributed by atoms with van der Waals surface area (Å²) in [6.45, 7) is 3.06. The lowest BCUT2D eigenvalue weighted by atomic mass is 10.2. The van der Waals surface area contributed by atoms with E-state index < -0.39 is 0 Å². The van der Waals surface area contributed by atoms with Crippen LogP contribution >= 0.6 is 11.6 Å². The number of benzene rings is 1. The van der Waals surface area contributed by atoms with E-state index in [0.717, 1.165) is 17.7 Å². The van der Waals surface area contributed by atoms with Gasteiger partial charge >= 0.3 is 0 Å². The summed E-state index contributed by atoms with van der Waals surface area (Å²) in [5.74, 6) is 0.763. The van der Waals surface area contributed by atoms with Gasteiger partial charge in [-0.1, -0.05) is 17.7 Å². The fraction of sp³-hybridized carbons (Fsp3) is 0.500. The number of hydrogen-bond donors (Lipinski definition) is 1. The number of methoxy groups -OCH3 is 1. The molecule has 0 aliphatic carbocycles. The predicted octanol–water partition coefficient (Wildman–Crippen LogP) is 2.60. The fourth-order valence-corrected chi connectivity index (χ4v) is 1.65. The summed E-state index contributed by atoms with van der Waals surface area (Å²) in [5, 5.41) is 0.652. The Kier molecular flexibility index (Phi) is 5.60. The lowest BCUT2D eigenvalue weighted by Gasteiger charge is -2.17. The van der Waals surface area contributed by atoms with Gasteiger partial charge in [-0.2, -0.15) is 0 Å². The first kappa shape index (κ1) is 13.3. The van der Waals surface area contributed by atoms with Crippen LogP contribution in [0.5, 0.6) is 5.75 Å². The molecule has 0 spiro atoms. The highest BCUT2D eigenvalue weighted by Crippen LogP contribution is 2.26. The van der Waals surface area contributed by atoms with E-state index in [4.69, 9.17) is 26.8 Å². The van der Waals surface area contributed by atoms with Gasteiger partial charge in [-0.3, -0.25) is 0 Å². The number of hydrogen-bond acceptors (Lipinski definition) is 3. The van der Waals surface area contributed by atoms with Gasteiger partial charge in [-0.25, -0.2) is 0 Å². The van der Waals surface area contributed by atoms with E-state index in [0.29, 0.717) is 18.2 Å². The van der Waals surface area contributed by atoms with Gasteiger partial charge < -0.3 is 15.2 Å². The van der Waals surface area contributed by atoms with Crippen LogP contribution in [0.4, 0.5) is 0 Å². The zero-order chi connectivity index (χ0) is 12.0. The lowest BCUT2D eigenvalue weighted by Crippen LogP contribution is -2.15. The molecule has 0 fully saturated rings. The second kappa shape index (κ2) is 6.74. The minimum Gasteiger partial charge on any atom is -0.490 e. The van der Waals surface area contributed by atoms with Crippen molar-refractivity contribution in [3.63, 3.8) is 0 Å². The molecule has 0 heterocycles. The van der Waals surface area contributed by atoms with Crippen molar-refractivity contribution < 1.29 is 9.47 Å².